The molecule has 0 aromatic heterocycles. The Kier molecular flexibility index (Phi) is 5.43. The molecule has 1 fully saturated rings. The van der Waals surface area contributed by atoms with Crippen LogP contribution in [0.25, 0.3) is 0 Å². The van der Waals surface area contributed by atoms with E-state index < -0.39 is 16.1 Å². The topological polar surface area (TPSA) is 75.7 Å². The van der Waals surface area contributed by atoms with Crippen molar-refractivity contribution >= 4 is 33.2 Å². The van der Waals surface area contributed by atoms with Gasteiger partial charge in [0.05, 0.1) is 18.5 Å². The van der Waals surface area contributed by atoms with E-state index in [0.29, 0.717) is 16.5 Å². The molecule has 138 valence electrons. The van der Waals surface area contributed by atoms with Crippen molar-refractivity contribution < 1.29 is 17.9 Å². The summed E-state index contributed by atoms with van der Waals surface area (Å²) in [6, 6.07) is 4.89. The summed E-state index contributed by atoms with van der Waals surface area (Å²) in [5.74, 6) is 0.0863. The highest BCUT2D eigenvalue weighted by molar-refractivity contribution is 7.92. The highest BCUT2D eigenvalue weighted by Crippen LogP contribution is 2.37. The molecule has 6 nitrogen and oxygen atoms in total. The average molecular weight is 387 g/mol. The van der Waals surface area contributed by atoms with Crippen LogP contribution in [0.5, 0.6) is 5.75 Å². The zero-order chi connectivity index (χ0) is 18.0. The Morgan fingerprint density at radius 2 is 1.92 bits per heavy atom. The first-order valence-corrected chi connectivity index (χ1v) is 10.8. The van der Waals surface area contributed by atoms with Gasteiger partial charge < -0.3 is 10.1 Å². The molecule has 1 aliphatic carbocycles. The summed E-state index contributed by atoms with van der Waals surface area (Å²) in [5, 5.41) is 3.45. The molecule has 3 rings (SSSR count). The molecule has 1 heterocycles. The van der Waals surface area contributed by atoms with Crippen LogP contribution in [0.1, 0.15) is 38.5 Å². The summed E-state index contributed by atoms with van der Waals surface area (Å²) in [5.41, 5.74) is 0.369. The summed E-state index contributed by atoms with van der Waals surface area (Å²) in [6.45, 7) is -0.0509. The summed E-state index contributed by atoms with van der Waals surface area (Å²) in [7, 11) is -3.55. The first-order chi connectivity index (χ1) is 11.8. The van der Waals surface area contributed by atoms with Crippen LogP contribution in [0.4, 0.5) is 5.69 Å². The molecular weight excluding hydrogens is 364 g/mol. The number of sulfonamides is 1. The third kappa shape index (κ3) is 4.39. The van der Waals surface area contributed by atoms with Gasteiger partial charge in [0.25, 0.3) is 5.91 Å². The number of nitrogens with one attached hydrogen (secondary N) is 1. The first-order valence-electron chi connectivity index (χ1n) is 8.59. The molecule has 8 heteroatoms. The number of halogens is 1. The van der Waals surface area contributed by atoms with Crippen LogP contribution in [0.2, 0.25) is 5.02 Å². The number of rotatable bonds is 3. The number of hydrogen-bond acceptors (Lipinski definition) is 4. The molecule has 1 aliphatic heterocycles. The molecule has 2 aliphatic rings. The third-order valence-corrected chi connectivity index (χ3v) is 6.07. The lowest BCUT2D eigenvalue weighted by Gasteiger charge is -2.34. The molecule has 1 aromatic carbocycles. The fourth-order valence-electron chi connectivity index (χ4n) is 3.39. The largest absolute Gasteiger partial charge is 0.476 e. The minimum Gasteiger partial charge on any atom is -0.476 e. The number of carbonyl (C=O) groups is 1. The first kappa shape index (κ1) is 18.3. The molecule has 1 N–H and O–H groups in total. The van der Waals surface area contributed by atoms with Gasteiger partial charge in [-0.25, -0.2) is 8.42 Å². The van der Waals surface area contributed by atoms with Gasteiger partial charge in [0, 0.05) is 11.1 Å². The van der Waals surface area contributed by atoms with Crippen LogP contribution in [0.3, 0.4) is 0 Å². The second kappa shape index (κ2) is 7.41. The Balaban J connectivity index is 1.79. The van der Waals surface area contributed by atoms with Crippen molar-refractivity contribution in [1.82, 2.24) is 5.32 Å². The summed E-state index contributed by atoms with van der Waals surface area (Å²) in [4.78, 5) is 12.6. The van der Waals surface area contributed by atoms with Gasteiger partial charge >= 0.3 is 0 Å². The van der Waals surface area contributed by atoms with Crippen LogP contribution >= 0.6 is 11.6 Å². The predicted molar refractivity (Wildman–Crippen MR) is 97.7 cm³/mol. The third-order valence-electron chi connectivity index (χ3n) is 4.68. The molecule has 1 saturated carbocycles. The lowest BCUT2D eigenvalue weighted by atomic mass is 10.1. The van der Waals surface area contributed by atoms with Crippen molar-refractivity contribution in [2.45, 2.75) is 50.7 Å². The van der Waals surface area contributed by atoms with E-state index in [0.717, 1.165) is 31.9 Å². The monoisotopic (exact) mass is 386 g/mol. The van der Waals surface area contributed by atoms with Crippen LogP contribution in [-0.4, -0.2) is 39.3 Å². The number of anilines is 1. The second-order valence-corrected chi connectivity index (χ2v) is 9.05. The van der Waals surface area contributed by atoms with E-state index in [4.69, 9.17) is 16.3 Å². The Hall–Kier alpha value is -1.47. The van der Waals surface area contributed by atoms with Crippen molar-refractivity contribution in [3.63, 3.8) is 0 Å². The molecule has 25 heavy (non-hydrogen) atoms. The normalized spacial score (nSPS) is 21.8. The van der Waals surface area contributed by atoms with E-state index in [1.54, 1.807) is 12.1 Å². The van der Waals surface area contributed by atoms with Gasteiger partial charge in [0.1, 0.15) is 5.75 Å². The Labute approximate surface area is 153 Å². The SMILES string of the molecule is CS(=O)(=O)N1C[C@H](C(=O)NC2CCCCCC2)Oc2ccc(Cl)cc21. The molecule has 0 unspecified atom stereocenters. The minimum atomic E-state index is -3.55. The summed E-state index contributed by atoms with van der Waals surface area (Å²) in [6.07, 6.45) is 6.77. The molecule has 0 radical (unpaired) electrons. The zero-order valence-electron chi connectivity index (χ0n) is 14.2. The second-order valence-electron chi connectivity index (χ2n) is 6.71. The molecule has 1 atom stereocenters. The smallest absolute Gasteiger partial charge is 0.263 e. The fourth-order valence-corrected chi connectivity index (χ4v) is 4.47. The summed E-state index contributed by atoms with van der Waals surface area (Å²) >= 11 is 5.98. The van der Waals surface area contributed by atoms with Gasteiger partial charge in [-0.2, -0.15) is 0 Å². The standard InChI is InChI=1S/C17H23ClN2O4S/c1-25(22,23)20-11-16(24-15-9-8-12(18)10-14(15)20)17(21)19-13-6-4-2-3-5-7-13/h8-10,13,16H,2-7,11H2,1H3,(H,19,21)/t16-/m1/s1. The Morgan fingerprint density at radius 3 is 2.56 bits per heavy atom. The molecule has 0 saturated heterocycles. The molecule has 1 amide bonds. The molecular formula is C17H23ClN2O4S. The lowest BCUT2D eigenvalue weighted by Crippen LogP contribution is -2.52. The molecule has 0 spiro atoms. The average Bonchev–Trinajstić information content (AvgIpc) is 2.81. The van der Waals surface area contributed by atoms with Crippen LogP contribution in [-0.2, 0) is 14.8 Å². The van der Waals surface area contributed by atoms with E-state index in [9.17, 15) is 13.2 Å². The van der Waals surface area contributed by atoms with E-state index in [1.807, 2.05) is 0 Å². The quantitative estimate of drug-likeness (QED) is 0.810. The van der Waals surface area contributed by atoms with Gasteiger partial charge in [-0.3, -0.25) is 9.10 Å². The van der Waals surface area contributed by atoms with E-state index in [1.165, 1.54) is 23.2 Å². The maximum atomic E-state index is 12.6. The van der Waals surface area contributed by atoms with Crippen LogP contribution < -0.4 is 14.4 Å². The van der Waals surface area contributed by atoms with Crippen LogP contribution in [0, 0.1) is 0 Å². The Morgan fingerprint density at radius 1 is 1.24 bits per heavy atom. The van der Waals surface area contributed by atoms with Crippen molar-refractivity contribution in [1.29, 1.82) is 0 Å². The van der Waals surface area contributed by atoms with E-state index in [-0.39, 0.29) is 18.5 Å². The number of ether oxygens (including phenoxy) is 1. The van der Waals surface area contributed by atoms with E-state index >= 15 is 0 Å². The number of amides is 1. The van der Waals surface area contributed by atoms with Crippen molar-refractivity contribution in [3.05, 3.63) is 23.2 Å². The Bertz CT molecular complexity index is 745. The number of hydrogen-bond donors (Lipinski definition) is 1. The molecule has 0 bridgehead atoms. The minimum absolute atomic E-state index is 0.0509. The maximum Gasteiger partial charge on any atom is 0.263 e. The van der Waals surface area contributed by atoms with Gasteiger partial charge in [-0.15, -0.1) is 0 Å². The van der Waals surface area contributed by atoms with Gasteiger partial charge in [0.2, 0.25) is 10.0 Å². The highest BCUT2D eigenvalue weighted by atomic mass is 35.5. The maximum absolute atomic E-state index is 12.6. The fraction of sp³-hybridized carbons (Fsp3) is 0.588. The van der Waals surface area contributed by atoms with Crippen molar-refractivity contribution in [2.75, 3.05) is 17.1 Å². The van der Waals surface area contributed by atoms with E-state index in [2.05, 4.69) is 5.32 Å². The van der Waals surface area contributed by atoms with Gasteiger partial charge in [-0.05, 0) is 31.0 Å². The number of benzene rings is 1. The zero-order valence-corrected chi connectivity index (χ0v) is 15.8. The predicted octanol–water partition coefficient (Wildman–Crippen LogP) is 2.71. The highest BCUT2D eigenvalue weighted by Gasteiger charge is 2.35. The number of fused-ring (bicyclic) bond motifs is 1. The van der Waals surface area contributed by atoms with Crippen LogP contribution in [0.15, 0.2) is 18.2 Å². The molecule has 1 aromatic rings. The lowest BCUT2D eigenvalue weighted by molar-refractivity contribution is -0.128. The van der Waals surface area contributed by atoms with Crippen molar-refractivity contribution in [3.8, 4) is 5.75 Å². The van der Waals surface area contributed by atoms with Gasteiger partial charge in [-0.1, -0.05) is 37.3 Å². The summed E-state index contributed by atoms with van der Waals surface area (Å²) < 4.78 is 31.3. The van der Waals surface area contributed by atoms with Crippen molar-refractivity contribution in [2.24, 2.45) is 0 Å². The number of nitrogens with zero attached hydrogens (tertiary/aromatic N) is 1. The van der Waals surface area contributed by atoms with Gasteiger partial charge in [0.15, 0.2) is 6.10 Å². The number of carbonyl (C=O) groups excluding carboxylic acids is 1.